The van der Waals surface area contributed by atoms with Gasteiger partial charge in [0, 0.05) is 12.8 Å². The first-order chi connectivity index (χ1) is 14.6. The maximum atomic E-state index is 12.8. The summed E-state index contributed by atoms with van der Waals surface area (Å²) in [6, 6.07) is 6.77. The number of sulfone groups is 1. The number of rotatable bonds is 7. The summed E-state index contributed by atoms with van der Waals surface area (Å²) in [4.78, 5) is 24.7. The average Bonchev–Trinajstić information content (AvgIpc) is 2.70. The Kier molecular flexibility index (Phi) is 7.26. The molecule has 0 radical (unpaired) electrons. The quantitative estimate of drug-likeness (QED) is 0.556. The molecule has 3 N–H and O–H groups in total. The molecule has 0 spiro atoms. The zero-order chi connectivity index (χ0) is 22.8. The van der Waals surface area contributed by atoms with Crippen LogP contribution in [0.3, 0.4) is 0 Å². The predicted molar refractivity (Wildman–Crippen MR) is 119 cm³/mol. The summed E-state index contributed by atoms with van der Waals surface area (Å²) in [5.74, 6) is -1.87. The van der Waals surface area contributed by atoms with Gasteiger partial charge in [-0.25, -0.2) is 13.2 Å². The van der Waals surface area contributed by atoms with Crippen molar-refractivity contribution < 1.29 is 23.1 Å². The highest BCUT2D eigenvalue weighted by Gasteiger charge is 2.26. The van der Waals surface area contributed by atoms with Crippen molar-refractivity contribution in [2.24, 2.45) is 0 Å². The largest absolute Gasteiger partial charge is 0.480 e. The number of fused-ring (bicyclic) bond motifs is 1. The maximum absolute atomic E-state index is 12.8. The number of carbonyl (C=O) groups excluding carboxylic acids is 1. The molecule has 0 unspecified atom stereocenters. The van der Waals surface area contributed by atoms with E-state index in [1.165, 1.54) is 12.1 Å². The van der Waals surface area contributed by atoms with E-state index in [9.17, 15) is 23.1 Å². The SMILES string of the molecule is CS(=O)(=O)c1cccc(CC[C@H](NC(=O)c2c(Cl)cc3c(c2Cl)CCNC3)C(=O)O)c1. The zero-order valence-corrected chi connectivity index (χ0v) is 19.1. The normalized spacial score (nSPS) is 14.5. The van der Waals surface area contributed by atoms with Crippen molar-refractivity contribution >= 4 is 44.9 Å². The van der Waals surface area contributed by atoms with Crippen LogP contribution in [0.2, 0.25) is 10.0 Å². The number of hydrogen-bond donors (Lipinski definition) is 3. The zero-order valence-electron chi connectivity index (χ0n) is 16.7. The van der Waals surface area contributed by atoms with Crippen molar-refractivity contribution in [1.29, 1.82) is 0 Å². The lowest BCUT2D eigenvalue weighted by Gasteiger charge is -2.22. The fourth-order valence-corrected chi connectivity index (χ4v) is 4.97. The van der Waals surface area contributed by atoms with Crippen LogP contribution in [0.15, 0.2) is 35.2 Å². The Balaban J connectivity index is 1.77. The van der Waals surface area contributed by atoms with Crippen LogP contribution < -0.4 is 10.6 Å². The van der Waals surface area contributed by atoms with Crippen molar-refractivity contribution in [2.75, 3.05) is 12.8 Å². The molecule has 0 fully saturated rings. The highest BCUT2D eigenvalue weighted by atomic mass is 35.5. The van der Waals surface area contributed by atoms with Crippen LogP contribution >= 0.6 is 23.2 Å². The second-order valence-electron chi connectivity index (χ2n) is 7.43. The summed E-state index contributed by atoms with van der Waals surface area (Å²) in [6.07, 6.45) is 2.08. The molecule has 166 valence electrons. The maximum Gasteiger partial charge on any atom is 0.326 e. The van der Waals surface area contributed by atoms with Gasteiger partial charge in [-0.15, -0.1) is 0 Å². The van der Waals surface area contributed by atoms with Gasteiger partial charge < -0.3 is 15.7 Å². The third kappa shape index (κ3) is 5.57. The Morgan fingerprint density at radius 2 is 2.00 bits per heavy atom. The number of benzene rings is 2. The first-order valence-corrected chi connectivity index (χ1v) is 12.3. The molecule has 1 aliphatic heterocycles. The molecular formula is C21H22Cl2N2O5S. The fraction of sp³-hybridized carbons (Fsp3) is 0.333. The Labute approximate surface area is 190 Å². The summed E-state index contributed by atoms with van der Waals surface area (Å²) in [6.45, 7) is 1.32. The number of hydrogen-bond acceptors (Lipinski definition) is 5. The Bertz CT molecular complexity index is 1130. The van der Waals surface area contributed by atoms with E-state index in [0.29, 0.717) is 18.5 Å². The van der Waals surface area contributed by atoms with Gasteiger partial charge in [-0.1, -0.05) is 35.3 Å². The first-order valence-electron chi connectivity index (χ1n) is 9.61. The second-order valence-corrected chi connectivity index (χ2v) is 10.2. The number of aliphatic carboxylic acids is 1. The molecular weight excluding hydrogens is 463 g/mol. The molecule has 1 aliphatic rings. The van der Waals surface area contributed by atoms with Crippen LogP contribution in [0, 0.1) is 0 Å². The highest BCUT2D eigenvalue weighted by molar-refractivity contribution is 7.90. The lowest BCUT2D eigenvalue weighted by molar-refractivity contribution is -0.139. The molecule has 0 saturated carbocycles. The molecule has 7 nitrogen and oxygen atoms in total. The minimum atomic E-state index is -3.37. The molecule has 0 aromatic heterocycles. The molecule has 0 aliphatic carbocycles. The van der Waals surface area contributed by atoms with Gasteiger partial charge in [-0.05, 0) is 60.7 Å². The van der Waals surface area contributed by atoms with E-state index in [2.05, 4.69) is 10.6 Å². The Hall–Kier alpha value is -2.13. The molecule has 1 amide bonds. The number of carboxylic acid groups (broad SMARTS) is 1. The number of amides is 1. The topological polar surface area (TPSA) is 113 Å². The summed E-state index contributed by atoms with van der Waals surface area (Å²) in [7, 11) is -3.37. The molecule has 1 atom stereocenters. The fourth-order valence-electron chi connectivity index (χ4n) is 3.51. The van der Waals surface area contributed by atoms with E-state index in [1.54, 1.807) is 18.2 Å². The average molecular weight is 485 g/mol. The minimum Gasteiger partial charge on any atom is -0.480 e. The molecule has 2 aromatic carbocycles. The van der Waals surface area contributed by atoms with Crippen molar-refractivity contribution in [3.63, 3.8) is 0 Å². The molecule has 2 aromatic rings. The van der Waals surface area contributed by atoms with Crippen molar-refractivity contribution in [2.45, 2.75) is 36.7 Å². The van der Waals surface area contributed by atoms with Crippen LogP contribution in [0.1, 0.15) is 33.5 Å². The molecule has 31 heavy (non-hydrogen) atoms. The lowest BCUT2D eigenvalue weighted by Crippen LogP contribution is -2.41. The third-order valence-corrected chi connectivity index (χ3v) is 6.98. The monoisotopic (exact) mass is 484 g/mol. The van der Waals surface area contributed by atoms with Crippen molar-refractivity contribution in [1.82, 2.24) is 10.6 Å². The third-order valence-electron chi connectivity index (χ3n) is 5.16. The number of carboxylic acids is 1. The van der Waals surface area contributed by atoms with Gasteiger partial charge in [0.25, 0.3) is 5.91 Å². The predicted octanol–water partition coefficient (Wildman–Crippen LogP) is 2.86. The van der Waals surface area contributed by atoms with E-state index in [4.69, 9.17) is 23.2 Å². The summed E-state index contributed by atoms with van der Waals surface area (Å²) < 4.78 is 23.4. The number of halogens is 2. The summed E-state index contributed by atoms with van der Waals surface area (Å²) in [5.41, 5.74) is 2.47. The lowest BCUT2D eigenvalue weighted by atomic mass is 9.97. The number of aryl methyl sites for hydroxylation is 1. The van der Waals surface area contributed by atoms with Gasteiger partial charge in [0.15, 0.2) is 9.84 Å². The van der Waals surface area contributed by atoms with E-state index in [1.807, 2.05) is 0 Å². The van der Waals surface area contributed by atoms with Crippen LogP contribution in [-0.4, -0.2) is 44.2 Å². The van der Waals surface area contributed by atoms with E-state index in [0.717, 1.165) is 23.9 Å². The molecule has 10 heteroatoms. The van der Waals surface area contributed by atoms with Gasteiger partial charge in [0.2, 0.25) is 0 Å². The van der Waals surface area contributed by atoms with E-state index in [-0.39, 0.29) is 33.3 Å². The van der Waals surface area contributed by atoms with Crippen molar-refractivity contribution in [3.8, 4) is 0 Å². The molecule has 1 heterocycles. The van der Waals surface area contributed by atoms with Gasteiger partial charge in [0.05, 0.1) is 20.5 Å². The van der Waals surface area contributed by atoms with Crippen LogP contribution in [0.5, 0.6) is 0 Å². The first kappa shape index (κ1) is 23.5. The second kappa shape index (κ2) is 9.56. The van der Waals surface area contributed by atoms with E-state index < -0.39 is 27.8 Å². The molecule has 3 rings (SSSR count). The van der Waals surface area contributed by atoms with Gasteiger partial charge in [-0.2, -0.15) is 0 Å². The molecule has 0 bridgehead atoms. The minimum absolute atomic E-state index is 0.0642. The standard InChI is InChI=1S/C21H22Cl2N2O5S/c1-31(29,30)14-4-2-3-12(9-14)5-6-17(21(27)28)25-20(26)18-16(22)10-13-11-24-8-7-15(13)19(18)23/h2-4,9-10,17,24H,5-8,11H2,1H3,(H,25,26)(H,27,28)/t17-/m0/s1. The Morgan fingerprint density at radius 1 is 1.26 bits per heavy atom. The van der Waals surface area contributed by atoms with Crippen molar-refractivity contribution in [3.05, 3.63) is 62.6 Å². The van der Waals surface area contributed by atoms with Gasteiger partial charge in [-0.3, -0.25) is 4.79 Å². The van der Waals surface area contributed by atoms with Crippen LogP contribution in [0.25, 0.3) is 0 Å². The smallest absolute Gasteiger partial charge is 0.326 e. The van der Waals surface area contributed by atoms with Gasteiger partial charge in [0.1, 0.15) is 6.04 Å². The summed E-state index contributed by atoms with van der Waals surface area (Å²) in [5, 5.41) is 15.7. The highest BCUT2D eigenvalue weighted by Crippen LogP contribution is 2.33. The van der Waals surface area contributed by atoms with Crippen LogP contribution in [-0.2, 0) is 34.0 Å². The van der Waals surface area contributed by atoms with Gasteiger partial charge >= 0.3 is 5.97 Å². The summed E-state index contributed by atoms with van der Waals surface area (Å²) >= 11 is 12.7. The number of carbonyl (C=O) groups is 2. The number of nitrogens with one attached hydrogen (secondary N) is 2. The Morgan fingerprint density at radius 3 is 2.68 bits per heavy atom. The van der Waals surface area contributed by atoms with E-state index >= 15 is 0 Å². The molecule has 0 saturated heterocycles. The van der Waals surface area contributed by atoms with Crippen LogP contribution in [0.4, 0.5) is 0 Å².